The van der Waals surface area contributed by atoms with Crippen LogP contribution in [0.1, 0.15) is 18.9 Å². The number of tetrazole rings is 1. The fourth-order valence-electron chi connectivity index (χ4n) is 3.29. The minimum atomic E-state index is -0.281. The fraction of sp³-hybridized carbons (Fsp3) is 0.250. The second-order valence-electron chi connectivity index (χ2n) is 6.89. The molecular weight excluding hydrogens is 356 g/mol. The zero-order valence-corrected chi connectivity index (χ0v) is 15.7. The molecule has 0 aliphatic carbocycles. The van der Waals surface area contributed by atoms with Crippen LogP contribution in [0.25, 0.3) is 11.4 Å². The number of aryl methyl sites for hydroxylation is 1. The zero-order chi connectivity index (χ0) is 19.7. The third-order valence-corrected chi connectivity index (χ3v) is 4.67. The van der Waals surface area contributed by atoms with Gasteiger partial charge in [-0.05, 0) is 31.2 Å². The number of carbonyl (C=O) groups excluding carboxylic acids is 2. The molecule has 142 valence electrons. The normalized spacial score (nSPS) is 16.3. The summed E-state index contributed by atoms with van der Waals surface area (Å²) in [5, 5.41) is 15.2. The molecular formula is C20H20N6O2. The molecule has 3 aromatic rings. The number of benzene rings is 2. The molecule has 4 rings (SSSR count). The highest BCUT2D eigenvalue weighted by atomic mass is 16.2. The lowest BCUT2D eigenvalue weighted by Crippen LogP contribution is -2.41. The lowest BCUT2D eigenvalue weighted by Gasteiger charge is -2.27. The average molecular weight is 376 g/mol. The van der Waals surface area contributed by atoms with E-state index in [1.165, 1.54) is 4.80 Å². The van der Waals surface area contributed by atoms with Crippen LogP contribution in [0.3, 0.4) is 0 Å². The molecule has 2 amide bonds. The summed E-state index contributed by atoms with van der Waals surface area (Å²) in [4.78, 5) is 28.0. The Kier molecular flexibility index (Phi) is 4.60. The van der Waals surface area contributed by atoms with Gasteiger partial charge in [-0.1, -0.05) is 42.0 Å². The van der Waals surface area contributed by atoms with E-state index in [9.17, 15) is 9.59 Å². The highest BCUT2D eigenvalue weighted by Gasteiger charge is 2.30. The van der Waals surface area contributed by atoms with Crippen molar-refractivity contribution in [2.75, 3.05) is 10.2 Å². The Hall–Kier alpha value is -3.55. The molecule has 1 aliphatic heterocycles. The first-order valence-electron chi connectivity index (χ1n) is 9.07. The Morgan fingerprint density at radius 3 is 2.71 bits per heavy atom. The molecule has 28 heavy (non-hydrogen) atoms. The van der Waals surface area contributed by atoms with Crippen molar-refractivity contribution in [1.82, 2.24) is 20.2 Å². The second kappa shape index (κ2) is 7.22. The summed E-state index contributed by atoms with van der Waals surface area (Å²) in [6, 6.07) is 14.8. The Labute approximate surface area is 162 Å². The summed E-state index contributed by atoms with van der Waals surface area (Å²) in [6.45, 7) is 3.80. The predicted octanol–water partition coefficient (Wildman–Crippen LogP) is 2.41. The first kappa shape index (κ1) is 17.8. The summed E-state index contributed by atoms with van der Waals surface area (Å²) in [7, 11) is 0. The van der Waals surface area contributed by atoms with Gasteiger partial charge in [0, 0.05) is 18.0 Å². The van der Waals surface area contributed by atoms with E-state index < -0.39 is 0 Å². The van der Waals surface area contributed by atoms with Gasteiger partial charge in [0.05, 0.1) is 11.4 Å². The van der Waals surface area contributed by atoms with Crippen molar-refractivity contribution in [1.29, 1.82) is 0 Å². The minimum absolute atomic E-state index is 0.0638. The number of hydrogen-bond donors (Lipinski definition) is 1. The van der Waals surface area contributed by atoms with Crippen LogP contribution in [0, 0.1) is 6.92 Å². The molecule has 1 unspecified atom stereocenters. The molecule has 0 bridgehead atoms. The molecule has 1 N–H and O–H groups in total. The van der Waals surface area contributed by atoms with Gasteiger partial charge in [-0.15, -0.1) is 10.2 Å². The fourth-order valence-corrected chi connectivity index (χ4v) is 3.29. The number of rotatable bonds is 3. The first-order chi connectivity index (χ1) is 13.5. The van der Waals surface area contributed by atoms with E-state index in [0.29, 0.717) is 17.2 Å². The maximum Gasteiger partial charge on any atom is 0.250 e. The van der Waals surface area contributed by atoms with Gasteiger partial charge in [-0.2, -0.15) is 4.80 Å². The van der Waals surface area contributed by atoms with E-state index in [0.717, 1.165) is 11.1 Å². The van der Waals surface area contributed by atoms with E-state index in [1.807, 2.05) is 56.3 Å². The summed E-state index contributed by atoms with van der Waals surface area (Å²) < 4.78 is 0. The van der Waals surface area contributed by atoms with Gasteiger partial charge >= 0.3 is 0 Å². The van der Waals surface area contributed by atoms with Gasteiger partial charge in [-0.25, -0.2) is 0 Å². The van der Waals surface area contributed by atoms with Gasteiger partial charge < -0.3 is 10.2 Å². The summed E-state index contributed by atoms with van der Waals surface area (Å²) >= 11 is 0. The van der Waals surface area contributed by atoms with Crippen LogP contribution in [-0.2, 0) is 16.1 Å². The second-order valence-corrected chi connectivity index (χ2v) is 6.89. The number of hydrogen-bond acceptors (Lipinski definition) is 5. The lowest BCUT2D eigenvalue weighted by atomic mass is 10.1. The summed E-state index contributed by atoms with van der Waals surface area (Å²) in [6.07, 6.45) is 0.222. The van der Waals surface area contributed by atoms with Crippen molar-refractivity contribution in [2.24, 2.45) is 0 Å². The number of carbonyl (C=O) groups is 2. The molecule has 0 saturated carbocycles. The number of aromatic nitrogens is 4. The molecule has 1 atom stereocenters. The third kappa shape index (κ3) is 3.48. The molecule has 0 spiro atoms. The first-order valence-corrected chi connectivity index (χ1v) is 9.07. The maximum absolute atomic E-state index is 13.0. The van der Waals surface area contributed by atoms with Crippen LogP contribution in [0.5, 0.6) is 0 Å². The van der Waals surface area contributed by atoms with Gasteiger partial charge in [0.2, 0.25) is 11.7 Å². The van der Waals surface area contributed by atoms with Gasteiger partial charge in [-0.3, -0.25) is 9.59 Å². The van der Waals surface area contributed by atoms with E-state index in [4.69, 9.17) is 0 Å². The van der Waals surface area contributed by atoms with E-state index in [2.05, 4.69) is 20.7 Å². The van der Waals surface area contributed by atoms with Crippen molar-refractivity contribution < 1.29 is 9.59 Å². The molecule has 1 aliphatic rings. The van der Waals surface area contributed by atoms with Crippen LogP contribution in [0.2, 0.25) is 0 Å². The van der Waals surface area contributed by atoms with Crippen molar-refractivity contribution in [2.45, 2.75) is 32.9 Å². The van der Waals surface area contributed by atoms with Crippen LogP contribution in [-0.4, -0.2) is 38.1 Å². The molecule has 0 fully saturated rings. The van der Waals surface area contributed by atoms with Crippen molar-refractivity contribution >= 4 is 23.2 Å². The maximum atomic E-state index is 13.0. The van der Waals surface area contributed by atoms with Gasteiger partial charge in [0.1, 0.15) is 6.54 Å². The topological polar surface area (TPSA) is 93.0 Å². The molecule has 2 heterocycles. The molecule has 0 saturated heterocycles. The molecule has 0 radical (unpaired) electrons. The highest BCUT2D eigenvalue weighted by molar-refractivity contribution is 6.04. The van der Waals surface area contributed by atoms with Crippen LogP contribution in [0.4, 0.5) is 11.4 Å². The minimum Gasteiger partial charge on any atom is -0.324 e. The highest BCUT2D eigenvalue weighted by Crippen LogP contribution is 2.31. The van der Waals surface area contributed by atoms with E-state index in [-0.39, 0.29) is 30.8 Å². The smallest absolute Gasteiger partial charge is 0.250 e. The van der Waals surface area contributed by atoms with Gasteiger partial charge in [0.25, 0.3) is 5.91 Å². The van der Waals surface area contributed by atoms with Crippen LogP contribution >= 0.6 is 0 Å². The number of amides is 2. The molecule has 8 heteroatoms. The summed E-state index contributed by atoms with van der Waals surface area (Å²) in [5.74, 6) is 0.147. The quantitative estimate of drug-likeness (QED) is 0.758. The Morgan fingerprint density at radius 1 is 1.18 bits per heavy atom. The van der Waals surface area contributed by atoms with Gasteiger partial charge in [0.15, 0.2) is 0 Å². The van der Waals surface area contributed by atoms with Crippen molar-refractivity contribution in [3.05, 3.63) is 54.1 Å². The Balaban J connectivity index is 1.58. The zero-order valence-electron chi connectivity index (χ0n) is 15.7. The largest absolute Gasteiger partial charge is 0.324 e. The number of anilines is 2. The molecule has 1 aromatic heterocycles. The number of nitrogens with zero attached hydrogens (tertiary/aromatic N) is 5. The molecule has 8 nitrogen and oxygen atoms in total. The Bertz CT molecular complexity index is 1030. The molecule has 2 aromatic carbocycles. The predicted molar refractivity (Wildman–Crippen MR) is 105 cm³/mol. The standard InChI is InChI=1S/C20H20N6O2/c1-13-7-9-15(10-8-13)20-22-24-25(23-20)12-19(28)26-14(2)11-18(27)21-16-5-3-4-6-17(16)26/h3-10,14H,11-12H2,1-2H3,(H,21,27). The van der Waals surface area contributed by atoms with Crippen LogP contribution in [0.15, 0.2) is 48.5 Å². The van der Waals surface area contributed by atoms with Crippen LogP contribution < -0.4 is 10.2 Å². The third-order valence-electron chi connectivity index (χ3n) is 4.67. The van der Waals surface area contributed by atoms with E-state index >= 15 is 0 Å². The van der Waals surface area contributed by atoms with Crippen molar-refractivity contribution in [3.63, 3.8) is 0 Å². The summed E-state index contributed by atoms with van der Waals surface area (Å²) in [5.41, 5.74) is 3.28. The Morgan fingerprint density at radius 2 is 1.93 bits per heavy atom. The average Bonchev–Trinajstić information content (AvgIpc) is 3.07. The monoisotopic (exact) mass is 376 g/mol. The van der Waals surface area contributed by atoms with E-state index in [1.54, 1.807) is 11.0 Å². The lowest BCUT2D eigenvalue weighted by molar-refractivity contribution is -0.120. The number of para-hydroxylation sites is 2. The number of fused-ring (bicyclic) bond motifs is 1. The van der Waals surface area contributed by atoms with Crippen molar-refractivity contribution in [3.8, 4) is 11.4 Å². The number of nitrogens with one attached hydrogen (secondary N) is 1. The SMILES string of the molecule is Cc1ccc(-c2nnn(CC(=O)N3c4ccccc4NC(=O)CC3C)n2)cc1.